The van der Waals surface area contributed by atoms with Crippen LogP contribution in [0.4, 0.5) is 0 Å². The Morgan fingerprint density at radius 3 is 1.45 bits per heavy atom. The smallest absolute Gasteiger partial charge is 0.129 e. The first kappa shape index (κ1) is 22.9. The molecule has 4 rings (SSSR count). The van der Waals surface area contributed by atoms with Crippen LogP contribution in [-0.2, 0) is 0 Å². The summed E-state index contributed by atoms with van der Waals surface area (Å²) in [6, 6.07) is 31.8. The summed E-state index contributed by atoms with van der Waals surface area (Å²) in [5.41, 5.74) is 4.62. The predicted octanol–water partition coefficient (Wildman–Crippen LogP) is 7.43. The molecule has 0 spiro atoms. The van der Waals surface area contributed by atoms with Crippen LogP contribution in [0, 0.1) is 0 Å². The van der Waals surface area contributed by atoms with Crippen LogP contribution in [0.1, 0.15) is 0 Å². The maximum absolute atomic E-state index is 9.95. The van der Waals surface area contributed by atoms with E-state index in [0.29, 0.717) is 5.75 Å². The van der Waals surface area contributed by atoms with Gasteiger partial charge in [-0.25, -0.2) is 0 Å². The van der Waals surface area contributed by atoms with E-state index in [2.05, 4.69) is 53.8 Å². The second-order valence-electron chi connectivity index (χ2n) is 8.38. The molecule has 2 N–H and O–H groups in total. The molecule has 0 unspecified atom stereocenters. The zero-order chi connectivity index (χ0) is 22.4. The summed E-state index contributed by atoms with van der Waals surface area (Å²) < 4.78 is 0.721. The monoisotopic (exact) mass is 490 g/mol. The van der Waals surface area contributed by atoms with Crippen LogP contribution in [0.2, 0.25) is 19.6 Å². The molecule has 0 bridgehead atoms. The number of halogens is 1. The van der Waals surface area contributed by atoms with Gasteiger partial charge in [-0.1, -0.05) is 98.5 Å². The van der Waals surface area contributed by atoms with E-state index in [1.165, 1.54) is 11.1 Å². The van der Waals surface area contributed by atoms with E-state index in [4.69, 9.17) is 0 Å². The molecule has 0 atom stereocenters. The molecule has 0 saturated carbocycles. The Labute approximate surface area is 194 Å². The first-order valence-electron chi connectivity index (χ1n) is 10.2. The average Bonchev–Trinajstić information content (AvgIpc) is 2.77. The molecule has 0 saturated heterocycles. The van der Waals surface area contributed by atoms with E-state index >= 15 is 0 Å². The zero-order valence-electron chi connectivity index (χ0n) is 18.0. The van der Waals surface area contributed by atoms with Crippen molar-refractivity contribution < 1.29 is 10.2 Å². The van der Waals surface area contributed by atoms with Crippen molar-refractivity contribution in [1.29, 1.82) is 0 Å². The van der Waals surface area contributed by atoms with Gasteiger partial charge in [-0.2, -0.15) is 0 Å². The maximum Gasteiger partial charge on any atom is 0.129 e. The average molecular weight is 492 g/mol. The van der Waals surface area contributed by atoms with Crippen LogP contribution < -0.4 is 5.19 Å². The van der Waals surface area contributed by atoms with Crippen LogP contribution in [-0.4, -0.2) is 18.3 Å². The van der Waals surface area contributed by atoms with Crippen molar-refractivity contribution in [2.45, 2.75) is 19.6 Å². The summed E-state index contributed by atoms with van der Waals surface area (Å²) in [5, 5.41) is 20.4. The Balaban J connectivity index is 0.000000179. The van der Waals surface area contributed by atoms with Crippen molar-refractivity contribution in [1.82, 2.24) is 0 Å². The number of aromatic hydroxyl groups is 2. The Bertz CT molecular complexity index is 1140. The molecule has 0 aliphatic rings. The first-order valence-corrected chi connectivity index (χ1v) is 14.5. The lowest BCUT2D eigenvalue weighted by Gasteiger charge is -2.19. The quantitative estimate of drug-likeness (QED) is 0.293. The Hall–Kier alpha value is -2.82. The molecule has 0 radical (unpaired) electrons. The van der Waals surface area contributed by atoms with Gasteiger partial charge in [-0.3, -0.25) is 0 Å². The summed E-state index contributed by atoms with van der Waals surface area (Å²) in [5.74, 6) is 0.702. The molecule has 0 heterocycles. The maximum atomic E-state index is 9.95. The molecule has 0 amide bonds. The lowest BCUT2D eigenvalue weighted by atomic mass is 10.1. The minimum Gasteiger partial charge on any atom is -0.508 e. The van der Waals surface area contributed by atoms with Crippen molar-refractivity contribution in [3.05, 3.63) is 102 Å². The van der Waals surface area contributed by atoms with Crippen LogP contribution in [0.3, 0.4) is 0 Å². The molecule has 31 heavy (non-hydrogen) atoms. The molecule has 4 heteroatoms. The molecule has 0 aromatic heterocycles. The van der Waals surface area contributed by atoms with Crippen molar-refractivity contribution in [3.8, 4) is 33.8 Å². The lowest BCUT2D eigenvalue weighted by molar-refractivity contribution is 0.472. The third kappa shape index (κ3) is 6.09. The normalized spacial score (nSPS) is 10.8. The minimum atomic E-state index is -1.49. The molecule has 158 valence electrons. The van der Waals surface area contributed by atoms with Gasteiger partial charge in [0.05, 0.1) is 12.5 Å². The second kappa shape index (κ2) is 9.99. The molecular weight excluding hydrogens is 464 g/mol. The summed E-state index contributed by atoms with van der Waals surface area (Å²) in [7, 11) is -1.49. The molecule has 0 aliphatic heterocycles. The fourth-order valence-electron chi connectivity index (χ4n) is 3.26. The highest BCUT2D eigenvalue weighted by atomic mass is 79.9. The summed E-state index contributed by atoms with van der Waals surface area (Å²) in [6.07, 6.45) is 0. The van der Waals surface area contributed by atoms with E-state index in [9.17, 15) is 10.2 Å². The molecule has 2 nitrogen and oxygen atoms in total. The van der Waals surface area contributed by atoms with Crippen molar-refractivity contribution in [2.75, 3.05) is 0 Å². The van der Waals surface area contributed by atoms with Gasteiger partial charge < -0.3 is 10.2 Å². The minimum absolute atomic E-state index is 0.268. The number of hydrogen-bond donors (Lipinski definition) is 2. The highest BCUT2D eigenvalue weighted by Crippen LogP contribution is 2.29. The van der Waals surface area contributed by atoms with Gasteiger partial charge >= 0.3 is 0 Å². The fourth-order valence-corrected chi connectivity index (χ4v) is 5.08. The van der Waals surface area contributed by atoms with E-state index in [-0.39, 0.29) is 5.75 Å². The van der Waals surface area contributed by atoms with E-state index in [1.54, 1.807) is 6.07 Å². The number of phenolic OH excluding ortho intramolecular Hbond substituents is 2. The highest BCUT2D eigenvalue weighted by molar-refractivity contribution is 9.10. The molecule has 4 aromatic rings. The number of rotatable bonds is 3. The number of hydrogen-bond acceptors (Lipinski definition) is 2. The third-order valence-corrected chi connectivity index (χ3v) is 7.62. The van der Waals surface area contributed by atoms with Gasteiger partial charge in [0.1, 0.15) is 11.5 Å². The Morgan fingerprint density at radius 1 is 0.548 bits per heavy atom. The third-order valence-electron chi connectivity index (χ3n) is 4.97. The summed E-state index contributed by atoms with van der Waals surface area (Å²) in [6.45, 7) is 6.74. The van der Waals surface area contributed by atoms with Crippen molar-refractivity contribution in [2.24, 2.45) is 0 Å². The molecular formula is C27H27BrO2Si. The predicted molar refractivity (Wildman–Crippen MR) is 138 cm³/mol. The Kier molecular flexibility index (Phi) is 7.36. The van der Waals surface area contributed by atoms with Crippen LogP contribution >= 0.6 is 15.9 Å². The van der Waals surface area contributed by atoms with Crippen LogP contribution in [0.5, 0.6) is 11.5 Å². The van der Waals surface area contributed by atoms with Crippen LogP contribution in [0.25, 0.3) is 22.3 Å². The summed E-state index contributed by atoms with van der Waals surface area (Å²) >= 11 is 3.29. The topological polar surface area (TPSA) is 40.5 Å². The standard InChI is InChI=1S/C15H18OSi.C12H9BrO/c1-17(2,3)15-11-13(9-10-14(15)16)12-7-5-4-6-8-12;13-11-8-10(6-7-12(11)14)9-4-2-1-3-5-9/h4-11,16H,1-3H3;1-8,14H. The van der Waals surface area contributed by atoms with Crippen LogP contribution in [0.15, 0.2) is 102 Å². The van der Waals surface area contributed by atoms with Gasteiger partial charge in [0.25, 0.3) is 0 Å². The van der Waals surface area contributed by atoms with Gasteiger partial charge in [0, 0.05) is 0 Å². The SMILES string of the molecule is C[Si](C)(C)c1cc(-c2ccccc2)ccc1O.Oc1ccc(-c2ccccc2)cc1Br. The van der Waals surface area contributed by atoms with E-state index in [0.717, 1.165) is 20.8 Å². The van der Waals surface area contributed by atoms with E-state index < -0.39 is 8.07 Å². The number of benzene rings is 4. The van der Waals surface area contributed by atoms with Gasteiger partial charge in [-0.05, 0) is 61.6 Å². The Morgan fingerprint density at radius 2 is 1.00 bits per heavy atom. The van der Waals surface area contributed by atoms with Crippen molar-refractivity contribution in [3.63, 3.8) is 0 Å². The molecule has 0 fully saturated rings. The largest absolute Gasteiger partial charge is 0.508 e. The fraction of sp³-hybridized carbons (Fsp3) is 0.111. The van der Waals surface area contributed by atoms with Gasteiger partial charge in [-0.15, -0.1) is 0 Å². The first-order chi connectivity index (χ1) is 14.8. The number of phenols is 2. The highest BCUT2D eigenvalue weighted by Gasteiger charge is 2.20. The zero-order valence-corrected chi connectivity index (χ0v) is 20.6. The molecule has 4 aromatic carbocycles. The summed E-state index contributed by atoms with van der Waals surface area (Å²) in [4.78, 5) is 0. The van der Waals surface area contributed by atoms with Gasteiger partial charge in [0.2, 0.25) is 0 Å². The second-order valence-corrected chi connectivity index (χ2v) is 14.3. The molecule has 0 aliphatic carbocycles. The van der Waals surface area contributed by atoms with E-state index in [1.807, 2.05) is 72.8 Å². The lowest BCUT2D eigenvalue weighted by Crippen LogP contribution is -2.37. The van der Waals surface area contributed by atoms with Gasteiger partial charge in [0.15, 0.2) is 0 Å². The van der Waals surface area contributed by atoms with Crippen molar-refractivity contribution >= 4 is 29.2 Å².